The quantitative estimate of drug-likeness (QED) is 0.257. The highest BCUT2D eigenvalue weighted by Gasteiger charge is 2.28. The Morgan fingerprint density at radius 3 is 2.40 bits per heavy atom. The normalized spacial score (nSPS) is 12.0. The molecule has 0 spiro atoms. The van der Waals surface area contributed by atoms with Gasteiger partial charge in [0.15, 0.2) is 5.75 Å². The lowest BCUT2D eigenvalue weighted by Gasteiger charge is -2.24. The largest absolute Gasteiger partial charge is 0.505 e. The van der Waals surface area contributed by atoms with E-state index in [1.165, 1.54) is 17.0 Å². The molecule has 0 unspecified atom stereocenters. The van der Waals surface area contributed by atoms with Gasteiger partial charge in [-0.15, -0.1) is 0 Å². The maximum absolute atomic E-state index is 13.0. The highest BCUT2D eigenvalue weighted by atomic mass is 16.3. The van der Waals surface area contributed by atoms with Crippen LogP contribution in [0.3, 0.4) is 0 Å². The molecule has 0 saturated carbocycles. The number of phenolic OH excluding ortho intramolecular Hbond substituents is 1. The van der Waals surface area contributed by atoms with Crippen molar-refractivity contribution in [3.05, 3.63) is 92.3 Å². The number of benzene rings is 1. The van der Waals surface area contributed by atoms with Crippen molar-refractivity contribution < 1.29 is 14.3 Å². The van der Waals surface area contributed by atoms with Crippen LogP contribution in [-0.2, 0) is 0 Å². The minimum absolute atomic E-state index is 0.0157. The Balaban J connectivity index is 1.61. The third-order valence-corrected chi connectivity index (χ3v) is 5.77. The predicted molar refractivity (Wildman–Crippen MR) is 134 cm³/mol. The van der Waals surface area contributed by atoms with Crippen LogP contribution in [0.2, 0.25) is 0 Å². The van der Waals surface area contributed by atoms with Crippen molar-refractivity contribution in [2.75, 3.05) is 22.6 Å². The van der Waals surface area contributed by atoms with Crippen LogP contribution in [0.5, 0.6) is 5.75 Å². The first-order valence-electron chi connectivity index (χ1n) is 11.1. The van der Waals surface area contributed by atoms with Gasteiger partial charge in [0.2, 0.25) is 0 Å². The molecule has 0 radical (unpaired) electrons. The van der Waals surface area contributed by atoms with E-state index >= 15 is 0 Å². The SMILES string of the molecule is Cc1ccc([C@H](Nc2c(Nc3cccc(C(=O)N(C)c4ccccn4)c3O)c(=O)c2=O)C(C)C)o1. The summed E-state index contributed by atoms with van der Waals surface area (Å²) in [5.41, 5.74) is -1.13. The molecule has 3 N–H and O–H groups in total. The van der Waals surface area contributed by atoms with Crippen LogP contribution in [0.15, 0.2) is 68.7 Å². The van der Waals surface area contributed by atoms with Crippen LogP contribution in [0.1, 0.15) is 41.8 Å². The smallest absolute Gasteiger partial charge is 0.263 e. The first kappa shape index (κ1) is 23.7. The molecule has 2 aromatic heterocycles. The van der Waals surface area contributed by atoms with E-state index in [-0.39, 0.29) is 40.3 Å². The third kappa shape index (κ3) is 4.52. The molecular formula is C26H26N4O5. The maximum atomic E-state index is 13.0. The number of aromatic hydroxyl groups is 1. The molecule has 0 aliphatic rings. The second-order valence-electron chi connectivity index (χ2n) is 8.60. The Hall–Kier alpha value is -4.40. The van der Waals surface area contributed by atoms with Crippen molar-refractivity contribution in [1.82, 2.24) is 4.98 Å². The molecule has 9 heteroatoms. The second kappa shape index (κ2) is 9.46. The van der Waals surface area contributed by atoms with Gasteiger partial charge in [0.1, 0.15) is 28.7 Å². The number of nitrogens with zero attached hydrogens (tertiary/aromatic N) is 2. The number of carbonyl (C=O) groups is 1. The monoisotopic (exact) mass is 474 g/mol. The lowest BCUT2D eigenvalue weighted by molar-refractivity contribution is 0.0990. The van der Waals surface area contributed by atoms with Crippen LogP contribution in [0.25, 0.3) is 0 Å². The minimum Gasteiger partial charge on any atom is -0.505 e. The average Bonchev–Trinajstić information content (AvgIpc) is 3.29. The van der Waals surface area contributed by atoms with E-state index < -0.39 is 16.8 Å². The molecule has 4 rings (SSSR count). The second-order valence-corrected chi connectivity index (χ2v) is 8.60. The molecule has 4 aromatic rings. The summed E-state index contributed by atoms with van der Waals surface area (Å²) in [6, 6.07) is 13.0. The Morgan fingerprint density at radius 2 is 1.77 bits per heavy atom. The van der Waals surface area contributed by atoms with Crippen molar-refractivity contribution in [2.24, 2.45) is 5.92 Å². The van der Waals surface area contributed by atoms with Crippen LogP contribution in [0.4, 0.5) is 22.9 Å². The number of phenols is 1. The number of para-hydroxylation sites is 1. The van der Waals surface area contributed by atoms with E-state index in [4.69, 9.17) is 4.42 Å². The van der Waals surface area contributed by atoms with Crippen LogP contribution in [0, 0.1) is 12.8 Å². The Bertz CT molecular complexity index is 1430. The van der Waals surface area contributed by atoms with Gasteiger partial charge in [-0.2, -0.15) is 0 Å². The van der Waals surface area contributed by atoms with Crippen molar-refractivity contribution >= 4 is 28.8 Å². The van der Waals surface area contributed by atoms with Crippen LogP contribution in [-0.4, -0.2) is 23.0 Å². The molecule has 0 fully saturated rings. The molecule has 0 saturated heterocycles. The number of carbonyl (C=O) groups excluding carboxylic acids is 1. The van der Waals surface area contributed by atoms with Gasteiger partial charge in [0, 0.05) is 13.2 Å². The minimum atomic E-state index is -0.715. The number of amides is 1. The van der Waals surface area contributed by atoms with E-state index in [9.17, 15) is 19.5 Å². The molecule has 1 amide bonds. The number of aromatic nitrogens is 1. The van der Waals surface area contributed by atoms with Gasteiger partial charge in [-0.25, -0.2) is 4.98 Å². The number of anilines is 4. The van der Waals surface area contributed by atoms with Gasteiger partial charge in [0.05, 0.1) is 17.3 Å². The number of hydrogen-bond acceptors (Lipinski definition) is 8. The highest BCUT2D eigenvalue weighted by Crippen LogP contribution is 2.34. The molecule has 180 valence electrons. The number of furan rings is 1. The van der Waals surface area contributed by atoms with Gasteiger partial charge in [-0.05, 0) is 49.2 Å². The van der Waals surface area contributed by atoms with E-state index in [1.54, 1.807) is 37.5 Å². The zero-order valence-electron chi connectivity index (χ0n) is 19.8. The summed E-state index contributed by atoms with van der Waals surface area (Å²) >= 11 is 0. The number of nitrogens with one attached hydrogen (secondary N) is 2. The Morgan fingerprint density at radius 1 is 1.03 bits per heavy atom. The molecule has 35 heavy (non-hydrogen) atoms. The molecule has 0 bridgehead atoms. The fourth-order valence-corrected chi connectivity index (χ4v) is 3.78. The summed E-state index contributed by atoms with van der Waals surface area (Å²) in [5, 5.41) is 16.8. The standard InChI is InChI=1S/C26H26N4O5/c1-14(2)20(18-12-11-15(3)35-18)29-22-21(24(32)25(22)33)28-17-9-7-8-16(23(17)31)26(34)30(4)19-10-5-6-13-27-19/h5-14,20,28-29,31H,1-4H3/t20-/m1/s1. The molecular weight excluding hydrogens is 448 g/mol. The lowest BCUT2D eigenvalue weighted by atomic mass is 10.0. The van der Waals surface area contributed by atoms with Gasteiger partial charge in [-0.1, -0.05) is 26.0 Å². The molecule has 0 aliphatic carbocycles. The fraction of sp³-hybridized carbons (Fsp3) is 0.231. The number of rotatable bonds is 8. The van der Waals surface area contributed by atoms with Crippen molar-refractivity contribution in [3.8, 4) is 5.75 Å². The summed E-state index contributed by atoms with van der Waals surface area (Å²) in [7, 11) is 1.55. The predicted octanol–water partition coefficient (Wildman–Crippen LogP) is 4.11. The number of aryl methyl sites for hydroxylation is 1. The van der Waals surface area contributed by atoms with E-state index in [0.717, 1.165) is 5.76 Å². The fourth-order valence-electron chi connectivity index (χ4n) is 3.78. The molecule has 0 aliphatic heterocycles. The molecule has 2 heterocycles. The first-order valence-corrected chi connectivity index (χ1v) is 11.1. The first-order chi connectivity index (χ1) is 16.7. The Labute approximate surface area is 201 Å². The summed E-state index contributed by atoms with van der Waals surface area (Å²) in [6.07, 6.45) is 1.56. The van der Waals surface area contributed by atoms with Crippen molar-refractivity contribution in [1.29, 1.82) is 0 Å². The van der Waals surface area contributed by atoms with Gasteiger partial charge >= 0.3 is 0 Å². The molecule has 2 aromatic carbocycles. The summed E-state index contributed by atoms with van der Waals surface area (Å²) in [4.78, 5) is 43.2. The summed E-state index contributed by atoms with van der Waals surface area (Å²) in [6.45, 7) is 5.76. The van der Waals surface area contributed by atoms with Crippen molar-refractivity contribution in [3.63, 3.8) is 0 Å². The van der Waals surface area contributed by atoms with Gasteiger partial charge < -0.3 is 20.2 Å². The van der Waals surface area contributed by atoms with Crippen LogP contribution >= 0.6 is 0 Å². The zero-order chi connectivity index (χ0) is 25.3. The summed E-state index contributed by atoms with van der Waals surface area (Å²) in [5.74, 6) is 1.01. The third-order valence-electron chi connectivity index (χ3n) is 5.77. The average molecular weight is 475 g/mol. The summed E-state index contributed by atoms with van der Waals surface area (Å²) < 4.78 is 5.72. The van der Waals surface area contributed by atoms with E-state index in [2.05, 4.69) is 15.6 Å². The van der Waals surface area contributed by atoms with E-state index in [1.807, 2.05) is 32.9 Å². The topological polar surface area (TPSA) is 125 Å². The van der Waals surface area contributed by atoms with Crippen LogP contribution < -0.4 is 26.4 Å². The lowest BCUT2D eigenvalue weighted by Crippen LogP contribution is -2.38. The van der Waals surface area contributed by atoms with E-state index in [0.29, 0.717) is 11.6 Å². The zero-order valence-corrected chi connectivity index (χ0v) is 19.8. The highest BCUT2D eigenvalue weighted by molar-refractivity contribution is 6.08. The Kier molecular flexibility index (Phi) is 6.42. The van der Waals surface area contributed by atoms with Gasteiger partial charge in [-0.3, -0.25) is 19.3 Å². The molecule has 9 nitrogen and oxygen atoms in total. The molecule has 1 atom stereocenters. The van der Waals surface area contributed by atoms with Gasteiger partial charge in [0.25, 0.3) is 16.8 Å². The number of pyridine rings is 1. The number of hydrogen-bond donors (Lipinski definition) is 3. The van der Waals surface area contributed by atoms with Crippen molar-refractivity contribution in [2.45, 2.75) is 26.8 Å². The maximum Gasteiger partial charge on any atom is 0.263 e.